The van der Waals surface area contributed by atoms with Crippen molar-refractivity contribution in [2.24, 2.45) is 0 Å². The number of rotatable bonds is 7. The third-order valence-electron chi connectivity index (χ3n) is 4.04. The number of hydrogen-bond donors (Lipinski definition) is 1. The van der Waals surface area contributed by atoms with Crippen molar-refractivity contribution >= 4 is 50.6 Å². The van der Waals surface area contributed by atoms with Crippen LogP contribution in [0.15, 0.2) is 51.4 Å². The number of nitrogens with zero attached hydrogens (tertiary/aromatic N) is 3. The van der Waals surface area contributed by atoms with E-state index in [0.29, 0.717) is 11.8 Å². The molecule has 1 fully saturated rings. The Morgan fingerprint density at radius 1 is 1.27 bits per heavy atom. The van der Waals surface area contributed by atoms with Gasteiger partial charge in [0.15, 0.2) is 5.16 Å². The molecule has 134 valence electrons. The summed E-state index contributed by atoms with van der Waals surface area (Å²) in [7, 11) is 0. The molecular weight excluding hydrogens is 432 g/mol. The predicted octanol–water partition coefficient (Wildman–Crippen LogP) is 4.76. The summed E-state index contributed by atoms with van der Waals surface area (Å²) in [6, 6.07) is 12.2. The van der Waals surface area contributed by atoms with E-state index < -0.39 is 0 Å². The highest BCUT2D eigenvalue weighted by Gasteiger charge is 2.30. The van der Waals surface area contributed by atoms with Gasteiger partial charge >= 0.3 is 0 Å². The largest absolute Gasteiger partial charge is 0.324 e. The summed E-state index contributed by atoms with van der Waals surface area (Å²) in [4.78, 5) is 13.6. The van der Waals surface area contributed by atoms with Crippen LogP contribution in [-0.4, -0.2) is 26.4 Å². The second kappa shape index (κ2) is 7.94. The minimum atomic E-state index is -0.0490. The van der Waals surface area contributed by atoms with Crippen molar-refractivity contribution in [1.29, 1.82) is 0 Å². The number of hydrogen-bond acceptors (Lipinski definition) is 5. The predicted molar refractivity (Wildman–Crippen MR) is 109 cm³/mol. The van der Waals surface area contributed by atoms with Crippen LogP contribution in [0.3, 0.4) is 0 Å². The van der Waals surface area contributed by atoms with Gasteiger partial charge in [-0.05, 0) is 52.4 Å². The quantitative estimate of drug-likeness (QED) is 0.529. The van der Waals surface area contributed by atoms with E-state index in [0.717, 1.165) is 40.4 Å². The molecule has 0 aliphatic heterocycles. The normalized spacial score (nSPS) is 13.7. The van der Waals surface area contributed by atoms with Crippen LogP contribution in [0.2, 0.25) is 0 Å². The molecule has 26 heavy (non-hydrogen) atoms. The Morgan fingerprint density at radius 3 is 2.85 bits per heavy atom. The lowest BCUT2D eigenvalue weighted by Gasteiger charge is -2.09. The summed E-state index contributed by atoms with van der Waals surface area (Å²) >= 11 is 6.62. The van der Waals surface area contributed by atoms with E-state index >= 15 is 0 Å². The van der Waals surface area contributed by atoms with E-state index in [1.165, 1.54) is 16.6 Å². The fourth-order valence-corrected chi connectivity index (χ4v) is 4.58. The first-order valence-corrected chi connectivity index (χ1v) is 11.0. The van der Waals surface area contributed by atoms with Crippen molar-refractivity contribution in [2.45, 2.75) is 30.5 Å². The number of aromatic nitrogens is 3. The number of amides is 1. The van der Waals surface area contributed by atoms with Gasteiger partial charge in [-0.15, -0.1) is 21.5 Å². The standard InChI is InChI=1S/C18H17BrN4OS2/c19-14-5-1-2-6-15(14)20-17(24)11-26-18-22-21-16(23(18)12-7-8-12)10-13-4-3-9-25-13/h1-6,9,12H,7-8,10-11H2,(H,20,24). The molecule has 5 nitrogen and oxygen atoms in total. The second-order valence-corrected chi connectivity index (χ2v) is 8.90. The molecule has 0 bridgehead atoms. The number of para-hydroxylation sites is 1. The summed E-state index contributed by atoms with van der Waals surface area (Å²) in [5, 5.41) is 14.6. The average molecular weight is 449 g/mol. The van der Waals surface area contributed by atoms with Crippen LogP contribution >= 0.6 is 39.0 Å². The third kappa shape index (κ3) is 4.19. The van der Waals surface area contributed by atoms with Crippen LogP contribution in [0.25, 0.3) is 0 Å². The molecular formula is C18H17BrN4OS2. The highest BCUT2D eigenvalue weighted by atomic mass is 79.9. The summed E-state index contributed by atoms with van der Waals surface area (Å²) in [6.07, 6.45) is 3.11. The molecule has 8 heteroatoms. The van der Waals surface area contributed by atoms with Crippen LogP contribution in [0.4, 0.5) is 5.69 Å². The fraction of sp³-hybridized carbons (Fsp3) is 0.278. The molecule has 4 rings (SSSR count). The maximum Gasteiger partial charge on any atom is 0.234 e. The van der Waals surface area contributed by atoms with Gasteiger partial charge in [-0.25, -0.2) is 0 Å². The molecule has 1 aliphatic rings. The molecule has 1 aromatic carbocycles. The molecule has 0 spiro atoms. The van der Waals surface area contributed by atoms with Crippen molar-refractivity contribution in [3.63, 3.8) is 0 Å². The van der Waals surface area contributed by atoms with E-state index in [9.17, 15) is 4.79 Å². The SMILES string of the molecule is O=C(CSc1nnc(Cc2cccs2)n1C1CC1)Nc1ccccc1Br. The average Bonchev–Trinajstić information content (AvgIpc) is 3.18. The Balaban J connectivity index is 1.42. The summed E-state index contributed by atoms with van der Waals surface area (Å²) in [6.45, 7) is 0. The fourth-order valence-electron chi connectivity index (χ4n) is 2.67. The van der Waals surface area contributed by atoms with Gasteiger partial charge in [-0.1, -0.05) is 30.0 Å². The van der Waals surface area contributed by atoms with Gasteiger partial charge in [-0.3, -0.25) is 4.79 Å². The molecule has 0 unspecified atom stereocenters. The topological polar surface area (TPSA) is 59.8 Å². The maximum atomic E-state index is 12.3. The molecule has 0 radical (unpaired) electrons. The lowest BCUT2D eigenvalue weighted by molar-refractivity contribution is -0.113. The zero-order valence-electron chi connectivity index (χ0n) is 13.9. The molecule has 0 saturated heterocycles. The van der Waals surface area contributed by atoms with Gasteiger partial charge in [0, 0.05) is 21.8 Å². The Bertz CT molecular complexity index is 906. The van der Waals surface area contributed by atoms with E-state index in [1.54, 1.807) is 11.3 Å². The smallest absolute Gasteiger partial charge is 0.234 e. The number of anilines is 1. The molecule has 2 aromatic heterocycles. The zero-order valence-corrected chi connectivity index (χ0v) is 17.1. The van der Waals surface area contributed by atoms with Crippen LogP contribution < -0.4 is 5.32 Å². The van der Waals surface area contributed by atoms with Crippen LogP contribution in [0, 0.1) is 0 Å². The lowest BCUT2D eigenvalue weighted by atomic mass is 10.3. The highest BCUT2D eigenvalue weighted by Crippen LogP contribution is 2.39. The van der Waals surface area contributed by atoms with Gasteiger partial charge in [0.05, 0.1) is 11.4 Å². The monoisotopic (exact) mass is 448 g/mol. The van der Waals surface area contributed by atoms with Gasteiger partial charge < -0.3 is 9.88 Å². The minimum absolute atomic E-state index is 0.0490. The number of carbonyl (C=O) groups excluding carboxylic acids is 1. The number of halogens is 1. The molecule has 1 saturated carbocycles. The van der Waals surface area contributed by atoms with E-state index in [1.807, 2.05) is 24.3 Å². The second-order valence-electron chi connectivity index (χ2n) is 6.07. The van der Waals surface area contributed by atoms with Crippen LogP contribution in [-0.2, 0) is 11.2 Å². The minimum Gasteiger partial charge on any atom is -0.324 e. The first-order valence-electron chi connectivity index (χ1n) is 8.34. The lowest BCUT2D eigenvalue weighted by Crippen LogP contribution is -2.15. The van der Waals surface area contributed by atoms with Crippen LogP contribution in [0.5, 0.6) is 0 Å². The van der Waals surface area contributed by atoms with Crippen molar-refractivity contribution in [2.75, 3.05) is 11.1 Å². The van der Waals surface area contributed by atoms with Gasteiger partial charge in [0.25, 0.3) is 0 Å². The van der Waals surface area contributed by atoms with Gasteiger partial charge in [0.1, 0.15) is 5.82 Å². The Labute approximate surface area is 168 Å². The van der Waals surface area contributed by atoms with E-state index in [2.05, 4.69) is 53.5 Å². The molecule has 3 aromatic rings. The van der Waals surface area contributed by atoms with E-state index in [4.69, 9.17) is 0 Å². The Kier molecular flexibility index (Phi) is 5.42. The molecule has 1 amide bonds. The van der Waals surface area contributed by atoms with E-state index in [-0.39, 0.29) is 5.91 Å². The molecule has 1 aliphatic carbocycles. The number of thiophene rings is 1. The molecule has 1 N–H and O–H groups in total. The van der Waals surface area contributed by atoms with Crippen LogP contribution in [0.1, 0.15) is 29.6 Å². The third-order valence-corrected chi connectivity index (χ3v) is 6.55. The van der Waals surface area contributed by atoms with Crippen molar-refractivity contribution in [3.8, 4) is 0 Å². The molecule has 2 heterocycles. The number of nitrogens with one attached hydrogen (secondary N) is 1. The maximum absolute atomic E-state index is 12.3. The number of thioether (sulfide) groups is 1. The van der Waals surface area contributed by atoms with Crippen molar-refractivity contribution in [1.82, 2.24) is 14.8 Å². The summed E-state index contributed by atoms with van der Waals surface area (Å²) < 4.78 is 3.09. The summed E-state index contributed by atoms with van der Waals surface area (Å²) in [5.41, 5.74) is 0.778. The number of carbonyl (C=O) groups is 1. The van der Waals surface area contributed by atoms with Crippen molar-refractivity contribution < 1.29 is 4.79 Å². The number of benzene rings is 1. The summed E-state index contributed by atoms with van der Waals surface area (Å²) in [5.74, 6) is 1.25. The highest BCUT2D eigenvalue weighted by molar-refractivity contribution is 9.10. The van der Waals surface area contributed by atoms with Gasteiger partial charge in [0.2, 0.25) is 5.91 Å². The zero-order chi connectivity index (χ0) is 17.9. The van der Waals surface area contributed by atoms with Crippen molar-refractivity contribution in [3.05, 3.63) is 57.0 Å². The first kappa shape index (κ1) is 17.8. The first-order chi connectivity index (χ1) is 12.7. The Morgan fingerprint density at radius 2 is 2.12 bits per heavy atom. The van der Waals surface area contributed by atoms with Gasteiger partial charge in [-0.2, -0.15) is 0 Å². The molecule has 0 atom stereocenters. The Hall–Kier alpha value is -1.64.